The van der Waals surface area contributed by atoms with E-state index in [2.05, 4.69) is 4.18 Å². The molecule has 2 rings (SSSR count). The van der Waals surface area contributed by atoms with Crippen LogP contribution in [0.2, 0.25) is 0 Å². The molecule has 138 valence electrons. The number of alkyl halides is 3. The minimum atomic E-state index is -6.09. The molecule has 2 aromatic rings. The zero-order valence-corrected chi connectivity index (χ0v) is 13.9. The lowest BCUT2D eigenvalue weighted by Crippen LogP contribution is -2.38. The van der Waals surface area contributed by atoms with Gasteiger partial charge in [-0.3, -0.25) is 8.65 Å². The van der Waals surface area contributed by atoms with Gasteiger partial charge in [-0.05, 0) is 11.5 Å². The van der Waals surface area contributed by atoms with Crippen molar-refractivity contribution in [1.29, 1.82) is 0 Å². The van der Waals surface area contributed by atoms with Crippen molar-refractivity contribution in [3.8, 4) is 0 Å². The molecule has 0 radical (unpaired) electrons. The van der Waals surface area contributed by atoms with Crippen LogP contribution in [0, 0.1) is 5.21 Å². The monoisotopic (exact) mass is 398 g/mol. The number of halogens is 3. The molecule has 0 aliphatic carbocycles. The van der Waals surface area contributed by atoms with Crippen molar-refractivity contribution in [3.63, 3.8) is 0 Å². The average Bonchev–Trinajstić information content (AvgIpc) is 2.52. The number of hydroxylamine groups is 1. The molecule has 7 nitrogen and oxygen atoms in total. The van der Waals surface area contributed by atoms with Gasteiger partial charge in [-0.15, -0.1) is 0 Å². The van der Waals surface area contributed by atoms with E-state index in [-0.39, 0.29) is 4.90 Å². The highest BCUT2D eigenvalue weighted by Crippen LogP contribution is 2.27. The van der Waals surface area contributed by atoms with Gasteiger partial charge in [0, 0.05) is 11.9 Å². The first-order valence-corrected chi connectivity index (χ1v) is 9.45. The molecule has 2 aromatic carbocycles. The standard InChI is InChI=1S/C13H11F3NO6S2/c14-13(15,16)25(21,22)17(18)8-9-23-24(19,20)12-7-3-5-10-4-1-2-6-11(10)12/h1-7H,8-9H2/q-1. The Kier molecular flexibility index (Phi) is 5.39. The molecule has 0 aliphatic heterocycles. The minimum absolute atomic E-state index is 0.248. The molecule has 25 heavy (non-hydrogen) atoms. The van der Waals surface area contributed by atoms with Crippen LogP contribution in [0.3, 0.4) is 0 Å². The average molecular weight is 398 g/mol. The van der Waals surface area contributed by atoms with Crippen molar-refractivity contribution in [1.82, 2.24) is 4.47 Å². The quantitative estimate of drug-likeness (QED) is 0.546. The maximum absolute atomic E-state index is 12.2. The largest absolute Gasteiger partial charge is 0.772 e. The summed E-state index contributed by atoms with van der Waals surface area (Å²) in [5.74, 6) is 0. The molecular weight excluding hydrogens is 387 g/mol. The summed E-state index contributed by atoms with van der Waals surface area (Å²) in [5, 5.41) is 12.0. The third kappa shape index (κ3) is 4.10. The molecule has 0 saturated heterocycles. The van der Waals surface area contributed by atoms with Gasteiger partial charge in [0.05, 0.1) is 6.61 Å². The van der Waals surface area contributed by atoms with Crippen LogP contribution in [0.15, 0.2) is 47.4 Å². The van der Waals surface area contributed by atoms with Gasteiger partial charge in [0.1, 0.15) is 4.90 Å². The number of hydrogen-bond donors (Lipinski definition) is 0. The second kappa shape index (κ2) is 6.88. The maximum atomic E-state index is 12.2. The summed E-state index contributed by atoms with van der Waals surface area (Å²) in [6.07, 6.45) is 0. The lowest BCUT2D eigenvalue weighted by atomic mass is 10.1. The van der Waals surface area contributed by atoms with Crippen molar-refractivity contribution in [2.24, 2.45) is 0 Å². The molecule has 0 N–H and O–H groups in total. The van der Waals surface area contributed by atoms with E-state index in [9.17, 15) is 35.2 Å². The van der Waals surface area contributed by atoms with Crippen molar-refractivity contribution < 1.29 is 34.2 Å². The van der Waals surface area contributed by atoms with Gasteiger partial charge >= 0.3 is 15.5 Å². The molecule has 0 amide bonds. The van der Waals surface area contributed by atoms with Gasteiger partial charge in [0.25, 0.3) is 10.1 Å². The predicted molar refractivity (Wildman–Crippen MR) is 82.1 cm³/mol. The topological polar surface area (TPSA) is 104 Å². The first kappa shape index (κ1) is 19.6. The summed E-state index contributed by atoms with van der Waals surface area (Å²) in [6.45, 7) is -2.39. The SMILES string of the molecule is O=S(=O)(OCCN([O-])S(=O)(=O)C(F)(F)F)c1cccc2ccccc12. The van der Waals surface area contributed by atoms with Gasteiger partial charge in [-0.2, -0.15) is 21.6 Å². The first-order chi connectivity index (χ1) is 11.5. The van der Waals surface area contributed by atoms with Crippen LogP contribution in [-0.4, -0.2) is 40.0 Å². The summed E-state index contributed by atoms with van der Waals surface area (Å²) in [6, 6.07) is 10.7. The molecule has 0 aliphatic rings. The Hall–Kier alpha value is -1.73. The summed E-state index contributed by atoms with van der Waals surface area (Å²) in [5.41, 5.74) is -5.77. The van der Waals surface area contributed by atoms with Crippen molar-refractivity contribution in [2.75, 3.05) is 13.2 Å². The smallest absolute Gasteiger partial charge is 0.510 e. The summed E-state index contributed by atoms with van der Waals surface area (Å²) < 4.78 is 85.8. The zero-order valence-electron chi connectivity index (χ0n) is 12.3. The normalized spacial score (nSPS) is 13.5. The molecule has 0 atom stereocenters. The number of fused-ring (bicyclic) bond motifs is 1. The molecule has 0 bridgehead atoms. The molecule has 0 aromatic heterocycles. The highest BCUT2D eigenvalue weighted by molar-refractivity contribution is 7.90. The van der Waals surface area contributed by atoms with E-state index in [4.69, 9.17) is 0 Å². The van der Waals surface area contributed by atoms with E-state index in [0.717, 1.165) is 0 Å². The summed E-state index contributed by atoms with van der Waals surface area (Å²) >= 11 is 0. The molecular formula is C13H11F3NO6S2-. The van der Waals surface area contributed by atoms with Gasteiger partial charge in [0.15, 0.2) is 0 Å². The number of rotatable bonds is 6. The van der Waals surface area contributed by atoms with Crippen LogP contribution in [0.5, 0.6) is 0 Å². The van der Waals surface area contributed by atoms with Crippen molar-refractivity contribution in [2.45, 2.75) is 10.4 Å². The fourth-order valence-electron chi connectivity index (χ4n) is 1.93. The molecule has 0 fully saturated rings. The van der Waals surface area contributed by atoms with E-state index in [1.54, 1.807) is 24.3 Å². The van der Waals surface area contributed by atoms with Gasteiger partial charge in [-0.1, -0.05) is 36.4 Å². The van der Waals surface area contributed by atoms with E-state index in [1.165, 1.54) is 18.2 Å². The van der Waals surface area contributed by atoms with E-state index in [1.807, 2.05) is 0 Å². The number of benzene rings is 2. The molecule has 0 unspecified atom stereocenters. The third-order valence-electron chi connectivity index (χ3n) is 3.09. The number of sulfonamides is 1. The summed E-state index contributed by atoms with van der Waals surface area (Å²) in [4.78, 5) is -0.248. The Morgan fingerprint density at radius 1 is 1.00 bits per heavy atom. The van der Waals surface area contributed by atoms with Crippen molar-refractivity contribution in [3.05, 3.63) is 47.7 Å². The molecule has 12 heteroatoms. The number of nitrogens with zero attached hydrogens (tertiary/aromatic N) is 1. The van der Waals surface area contributed by atoms with E-state index >= 15 is 0 Å². The van der Waals surface area contributed by atoms with Crippen LogP contribution in [0.4, 0.5) is 13.2 Å². The Bertz CT molecular complexity index is 967. The number of hydrogen-bond acceptors (Lipinski definition) is 6. The van der Waals surface area contributed by atoms with E-state index in [0.29, 0.717) is 10.8 Å². The summed E-state index contributed by atoms with van der Waals surface area (Å²) in [7, 11) is -10.5. The highest BCUT2D eigenvalue weighted by Gasteiger charge is 2.46. The molecule has 0 saturated carbocycles. The fourth-order valence-corrected chi connectivity index (χ4v) is 3.60. The van der Waals surface area contributed by atoms with Crippen LogP contribution >= 0.6 is 0 Å². The van der Waals surface area contributed by atoms with Gasteiger partial charge in [-0.25, -0.2) is 8.42 Å². The Morgan fingerprint density at radius 2 is 1.60 bits per heavy atom. The Morgan fingerprint density at radius 3 is 2.24 bits per heavy atom. The first-order valence-electron chi connectivity index (χ1n) is 6.60. The van der Waals surface area contributed by atoms with Crippen LogP contribution < -0.4 is 0 Å². The van der Waals surface area contributed by atoms with Gasteiger partial charge in [0.2, 0.25) is 0 Å². The minimum Gasteiger partial charge on any atom is -0.772 e. The fraction of sp³-hybridized carbons (Fsp3) is 0.231. The predicted octanol–water partition coefficient (Wildman–Crippen LogP) is 2.19. The Labute approximate surface area is 141 Å². The molecule has 0 heterocycles. The lowest BCUT2D eigenvalue weighted by molar-refractivity contribution is -0.0478. The Balaban J connectivity index is 2.15. The highest BCUT2D eigenvalue weighted by atomic mass is 32.2. The van der Waals surface area contributed by atoms with Crippen LogP contribution in [-0.2, 0) is 24.3 Å². The van der Waals surface area contributed by atoms with Crippen LogP contribution in [0.1, 0.15) is 0 Å². The zero-order chi connectivity index (χ0) is 18.9. The van der Waals surface area contributed by atoms with Crippen LogP contribution in [0.25, 0.3) is 10.8 Å². The van der Waals surface area contributed by atoms with E-state index < -0.39 is 43.3 Å². The molecule has 0 spiro atoms. The van der Waals surface area contributed by atoms with Gasteiger partial charge < -0.3 is 5.21 Å². The third-order valence-corrected chi connectivity index (χ3v) is 5.77. The maximum Gasteiger partial charge on any atom is 0.510 e. The second-order valence-corrected chi connectivity index (χ2v) is 8.13. The second-order valence-electron chi connectivity index (χ2n) is 4.73. The van der Waals surface area contributed by atoms with Crippen molar-refractivity contribution >= 4 is 30.9 Å². The lowest BCUT2D eigenvalue weighted by Gasteiger charge is -2.27.